The van der Waals surface area contributed by atoms with Gasteiger partial charge in [0.05, 0.1) is 11.2 Å². The number of benzene rings is 2. The van der Waals surface area contributed by atoms with E-state index < -0.39 is 16.7 Å². The fourth-order valence-electron chi connectivity index (χ4n) is 2.63. The number of hydrogen-bond donors (Lipinski definition) is 2. The topological polar surface area (TPSA) is 114 Å². The molecule has 0 unspecified atom stereocenters. The highest BCUT2D eigenvalue weighted by Gasteiger charge is 2.15. The van der Waals surface area contributed by atoms with Gasteiger partial charge < -0.3 is 15.1 Å². The molecule has 0 atom stereocenters. The maximum atomic E-state index is 12.5. The van der Waals surface area contributed by atoms with Crippen LogP contribution in [0.3, 0.4) is 0 Å². The van der Waals surface area contributed by atoms with Crippen molar-refractivity contribution in [3.8, 4) is 0 Å². The Kier molecular flexibility index (Phi) is 5.21. The van der Waals surface area contributed by atoms with Crippen molar-refractivity contribution >= 4 is 28.9 Å². The molecule has 8 nitrogen and oxygen atoms in total. The zero-order valence-corrected chi connectivity index (χ0v) is 15.2. The van der Waals surface area contributed by atoms with Gasteiger partial charge in [-0.15, -0.1) is 0 Å². The van der Waals surface area contributed by atoms with Gasteiger partial charge in [-0.1, -0.05) is 6.07 Å². The molecular weight excluding hydrogens is 362 g/mol. The summed E-state index contributed by atoms with van der Waals surface area (Å²) in [4.78, 5) is 35.0. The van der Waals surface area contributed by atoms with Crippen LogP contribution < -0.4 is 10.6 Å². The van der Waals surface area contributed by atoms with E-state index in [0.29, 0.717) is 22.5 Å². The number of anilines is 2. The highest BCUT2D eigenvalue weighted by molar-refractivity contribution is 6.06. The Morgan fingerprint density at radius 2 is 1.75 bits per heavy atom. The Labute approximate surface area is 160 Å². The van der Waals surface area contributed by atoms with Gasteiger partial charge in [0.25, 0.3) is 17.5 Å². The Hall–Kier alpha value is -3.94. The zero-order valence-electron chi connectivity index (χ0n) is 15.2. The molecular formula is C20H17N3O5. The maximum Gasteiger partial charge on any atom is 0.291 e. The van der Waals surface area contributed by atoms with E-state index in [-0.39, 0.29) is 11.4 Å². The molecule has 0 aliphatic rings. The van der Waals surface area contributed by atoms with E-state index in [0.717, 1.165) is 5.56 Å². The number of nitro benzene ring substituents is 1. The minimum Gasteiger partial charge on any atom is -0.459 e. The number of nitrogens with zero attached hydrogens (tertiary/aromatic N) is 1. The first kappa shape index (κ1) is 18.8. The fraction of sp³-hybridized carbons (Fsp3) is 0.100. The number of hydrogen-bond acceptors (Lipinski definition) is 5. The molecule has 0 aliphatic heterocycles. The van der Waals surface area contributed by atoms with Crippen LogP contribution in [0.4, 0.5) is 17.1 Å². The summed E-state index contributed by atoms with van der Waals surface area (Å²) in [6.45, 7) is 3.39. The molecule has 0 fully saturated rings. The standard InChI is InChI=1S/C20H17N3O5/c1-12-5-7-15(21-20(25)18-4-3-9-28-18)11-16(12)22-19(24)14-6-8-17(23(26)27)13(2)10-14/h3-11H,1-2H3,(H,21,25)(H,22,24). The molecule has 3 rings (SSSR count). The number of carbonyl (C=O) groups excluding carboxylic acids is 2. The lowest BCUT2D eigenvalue weighted by atomic mass is 10.1. The summed E-state index contributed by atoms with van der Waals surface area (Å²) in [6.07, 6.45) is 1.40. The number of carbonyl (C=O) groups is 2. The van der Waals surface area contributed by atoms with Crippen LogP contribution in [0, 0.1) is 24.0 Å². The lowest BCUT2D eigenvalue weighted by Gasteiger charge is -2.11. The molecule has 3 aromatic rings. The normalized spacial score (nSPS) is 10.4. The largest absolute Gasteiger partial charge is 0.459 e. The molecule has 0 saturated carbocycles. The molecule has 2 aromatic carbocycles. The summed E-state index contributed by atoms with van der Waals surface area (Å²) in [7, 11) is 0. The molecule has 0 aliphatic carbocycles. The number of nitro groups is 1. The van der Waals surface area contributed by atoms with E-state index in [1.165, 1.54) is 24.5 Å². The lowest BCUT2D eigenvalue weighted by molar-refractivity contribution is -0.385. The van der Waals surface area contributed by atoms with Crippen LogP contribution in [-0.4, -0.2) is 16.7 Å². The third-order valence-electron chi connectivity index (χ3n) is 4.14. The Morgan fingerprint density at radius 1 is 0.964 bits per heavy atom. The van der Waals surface area contributed by atoms with Crippen LogP contribution in [0.1, 0.15) is 32.0 Å². The summed E-state index contributed by atoms with van der Waals surface area (Å²) < 4.78 is 5.05. The second-order valence-electron chi connectivity index (χ2n) is 6.17. The van der Waals surface area contributed by atoms with Gasteiger partial charge in [0.1, 0.15) is 0 Å². The molecule has 142 valence electrons. The first-order chi connectivity index (χ1) is 13.3. The summed E-state index contributed by atoms with van der Waals surface area (Å²) in [5.41, 5.74) is 2.44. The molecule has 0 radical (unpaired) electrons. The summed E-state index contributed by atoms with van der Waals surface area (Å²) in [6, 6.07) is 12.4. The van der Waals surface area contributed by atoms with E-state index in [4.69, 9.17) is 4.42 Å². The average molecular weight is 379 g/mol. The lowest BCUT2D eigenvalue weighted by Crippen LogP contribution is -2.14. The van der Waals surface area contributed by atoms with Gasteiger partial charge in [-0.2, -0.15) is 0 Å². The smallest absolute Gasteiger partial charge is 0.291 e. The molecule has 0 spiro atoms. The highest BCUT2D eigenvalue weighted by Crippen LogP contribution is 2.23. The van der Waals surface area contributed by atoms with Crippen LogP contribution in [0.5, 0.6) is 0 Å². The number of rotatable bonds is 5. The number of aryl methyl sites for hydroxylation is 2. The summed E-state index contributed by atoms with van der Waals surface area (Å²) in [5, 5.41) is 16.4. The quantitative estimate of drug-likeness (QED) is 0.506. The van der Waals surface area contributed by atoms with Crippen molar-refractivity contribution < 1.29 is 18.9 Å². The minimum atomic E-state index is -0.494. The van der Waals surface area contributed by atoms with Crippen molar-refractivity contribution in [1.29, 1.82) is 0 Å². The Bertz CT molecular complexity index is 1060. The van der Waals surface area contributed by atoms with Gasteiger partial charge in [0.2, 0.25) is 0 Å². The second-order valence-corrected chi connectivity index (χ2v) is 6.17. The van der Waals surface area contributed by atoms with Gasteiger partial charge in [0, 0.05) is 28.6 Å². The molecule has 1 aromatic heterocycles. The predicted molar refractivity (Wildman–Crippen MR) is 104 cm³/mol. The van der Waals surface area contributed by atoms with Gasteiger partial charge in [-0.25, -0.2) is 0 Å². The molecule has 0 bridgehead atoms. The molecule has 2 amide bonds. The van der Waals surface area contributed by atoms with E-state index >= 15 is 0 Å². The number of amides is 2. The van der Waals surface area contributed by atoms with Gasteiger partial charge in [-0.3, -0.25) is 19.7 Å². The van der Waals surface area contributed by atoms with Gasteiger partial charge in [-0.05, 0) is 55.8 Å². The maximum absolute atomic E-state index is 12.5. The van der Waals surface area contributed by atoms with Crippen LogP contribution in [0.2, 0.25) is 0 Å². The average Bonchev–Trinajstić information content (AvgIpc) is 3.19. The SMILES string of the molecule is Cc1ccc(NC(=O)c2ccco2)cc1NC(=O)c1ccc([N+](=O)[O-])c(C)c1. The minimum absolute atomic E-state index is 0.0460. The summed E-state index contributed by atoms with van der Waals surface area (Å²) >= 11 is 0. The Morgan fingerprint density at radius 3 is 2.39 bits per heavy atom. The number of nitrogens with one attached hydrogen (secondary N) is 2. The van der Waals surface area contributed by atoms with Crippen LogP contribution in [-0.2, 0) is 0 Å². The van der Waals surface area contributed by atoms with Gasteiger partial charge in [0.15, 0.2) is 5.76 Å². The molecule has 8 heteroatoms. The Balaban J connectivity index is 1.78. The van der Waals surface area contributed by atoms with Crippen LogP contribution >= 0.6 is 0 Å². The first-order valence-corrected chi connectivity index (χ1v) is 8.37. The van der Waals surface area contributed by atoms with Crippen molar-refractivity contribution in [3.05, 3.63) is 87.4 Å². The highest BCUT2D eigenvalue weighted by atomic mass is 16.6. The van der Waals surface area contributed by atoms with Crippen molar-refractivity contribution in [2.24, 2.45) is 0 Å². The molecule has 28 heavy (non-hydrogen) atoms. The molecule has 2 N–H and O–H groups in total. The predicted octanol–water partition coefficient (Wildman–Crippen LogP) is 4.31. The summed E-state index contributed by atoms with van der Waals surface area (Å²) in [5.74, 6) is -0.639. The van der Waals surface area contributed by atoms with Crippen molar-refractivity contribution in [1.82, 2.24) is 0 Å². The molecule has 1 heterocycles. The second kappa shape index (κ2) is 7.75. The van der Waals surface area contributed by atoms with Crippen LogP contribution in [0.15, 0.2) is 59.2 Å². The van der Waals surface area contributed by atoms with Crippen molar-refractivity contribution in [2.45, 2.75) is 13.8 Å². The van der Waals surface area contributed by atoms with Gasteiger partial charge >= 0.3 is 0 Å². The van der Waals surface area contributed by atoms with Crippen LogP contribution in [0.25, 0.3) is 0 Å². The number of furan rings is 1. The van der Waals surface area contributed by atoms with E-state index in [9.17, 15) is 19.7 Å². The van der Waals surface area contributed by atoms with Crippen molar-refractivity contribution in [2.75, 3.05) is 10.6 Å². The first-order valence-electron chi connectivity index (χ1n) is 8.37. The molecule has 0 saturated heterocycles. The fourth-order valence-corrected chi connectivity index (χ4v) is 2.63. The van der Waals surface area contributed by atoms with E-state index in [1.807, 2.05) is 6.92 Å². The monoisotopic (exact) mass is 379 g/mol. The van der Waals surface area contributed by atoms with E-state index in [1.54, 1.807) is 37.3 Å². The third-order valence-corrected chi connectivity index (χ3v) is 4.14. The van der Waals surface area contributed by atoms with Crippen molar-refractivity contribution in [3.63, 3.8) is 0 Å². The zero-order chi connectivity index (χ0) is 20.3. The van der Waals surface area contributed by atoms with E-state index in [2.05, 4.69) is 10.6 Å². The third kappa shape index (κ3) is 4.07.